The molecule has 0 spiro atoms. The normalized spacial score (nSPS) is 33.7. The van der Waals surface area contributed by atoms with E-state index in [0.29, 0.717) is 5.56 Å². The Morgan fingerprint density at radius 1 is 1.25 bits per heavy atom. The van der Waals surface area contributed by atoms with Crippen LogP contribution in [0.2, 0.25) is 0 Å². The van der Waals surface area contributed by atoms with Gasteiger partial charge in [-0.15, -0.1) is 0 Å². The van der Waals surface area contributed by atoms with Gasteiger partial charge in [0.05, 0.1) is 11.7 Å². The lowest BCUT2D eigenvalue weighted by Crippen LogP contribution is -2.55. The Morgan fingerprint density at radius 3 is 2.50 bits per heavy atom. The number of hydrogen-bond donors (Lipinski definition) is 1. The van der Waals surface area contributed by atoms with E-state index < -0.39 is 24.5 Å². The summed E-state index contributed by atoms with van der Waals surface area (Å²) in [4.78, 5) is 12.1. The van der Waals surface area contributed by atoms with Gasteiger partial charge in [-0.25, -0.2) is 4.79 Å². The van der Waals surface area contributed by atoms with Gasteiger partial charge in [0.15, 0.2) is 12.4 Å². The van der Waals surface area contributed by atoms with Crippen molar-refractivity contribution in [2.24, 2.45) is 5.92 Å². The van der Waals surface area contributed by atoms with Crippen LogP contribution in [0.3, 0.4) is 0 Å². The van der Waals surface area contributed by atoms with E-state index in [2.05, 4.69) is 0 Å². The molecule has 1 heterocycles. The average molecular weight is 280 g/mol. The van der Waals surface area contributed by atoms with E-state index in [9.17, 15) is 9.90 Å². The van der Waals surface area contributed by atoms with Crippen LogP contribution < -0.4 is 0 Å². The Bertz CT molecular complexity index is 445. The number of methoxy groups -OCH3 is 1. The highest BCUT2D eigenvalue weighted by Gasteiger charge is 2.44. The van der Waals surface area contributed by atoms with Crippen LogP contribution in [0, 0.1) is 5.92 Å². The quantitative estimate of drug-likeness (QED) is 0.852. The maximum absolute atomic E-state index is 12.1. The maximum Gasteiger partial charge on any atom is 0.338 e. The van der Waals surface area contributed by atoms with Gasteiger partial charge >= 0.3 is 5.97 Å². The first-order valence-electron chi connectivity index (χ1n) is 6.67. The maximum atomic E-state index is 12.1. The lowest BCUT2D eigenvalue weighted by Gasteiger charge is -2.41. The number of esters is 1. The van der Waals surface area contributed by atoms with Gasteiger partial charge in [0.2, 0.25) is 0 Å². The molecule has 0 amide bonds. The molecule has 1 aliphatic heterocycles. The third kappa shape index (κ3) is 3.00. The molecule has 110 valence electrons. The number of benzene rings is 1. The van der Waals surface area contributed by atoms with E-state index in [-0.39, 0.29) is 12.0 Å². The summed E-state index contributed by atoms with van der Waals surface area (Å²) in [6, 6.07) is 8.64. The number of carbonyl (C=O) groups is 1. The SMILES string of the molecule is CO[C@@H]1O[C@@H](C)[C@@H](C)[C@@H](O)[C@@H]1OC(=O)c1ccccc1. The number of carbonyl (C=O) groups excluding carboxylic acids is 1. The fourth-order valence-electron chi connectivity index (χ4n) is 2.23. The predicted molar refractivity (Wildman–Crippen MR) is 72.2 cm³/mol. The second kappa shape index (κ2) is 6.35. The zero-order valence-electron chi connectivity index (χ0n) is 11.9. The number of hydrogen-bond acceptors (Lipinski definition) is 5. The highest BCUT2D eigenvalue weighted by atomic mass is 16.7. The van der Waals surface area contributed by atoms with Crippen LogP contribution in [-0.4, -0.2) is 42.8 Å². The van der Waals surface area contributed by atoms with Crippen molar-refractivity contribution in [1.82, 2.24) is 0 Å². The molecule has 1 saturated heterocycles. The standard InChI is InChI=1S/C15H20O5/c1-9-10(2)19-15(18-3)13(12(9)16)20-14(17)11-7-5-4-6-8-11/h4-10,12-13,15-16H,1-3H3/t9-,10+,12-,13+,15-/m1/s1. The van der Waals surface area contributed by atoms with Crippen molar-refractivity contribution in [3.8, 4) is 0 Å². The first kappa shape index (κ1) is 15.0. The molecule has 0 aromatic heterocycles. The van der Waals surface area contributed by atoms with Gasteiger partial charge < -0.3 is 19.3 Å². The third-order valence-corrected chi connectivity index (χ3v) is 3.72. The summed E-state index contributed by atoms with van der Waals surface area (Å²) >= 11 is 0. The smallest absolute Gasteiger partial charge is 0.338 e. The Kier molecular flexibility index (Phi) is 4.75. The first-order chi connectivity index (χ1) is 9.54. The van der Waals surface area contributed by atoms with Crippen molar-refractivity contribution in [3.05, 3.63) is 35.9 Å². The number of ether oxygens (including phenoxy) is 3. The van der Waals surface area contributed by atoms with Gasteiger partial charge in [-0.2, -0.15) is 0 Å². The molecule has 5 atom stereocenters. The molecule has 5 nitrogen and oxygen atoms in total. The summed E-state index contributed by atoms with van der Waals surface area (Å²) in [5.74, 6) is -0.642. The molecule has 0 unspecified atom stereocenters. The Hall–Kier alpha value is -1.43. The molecule has 0 saturated carbocycles. The molecule has 1 aliphatic rings. The summed E-state index contributed by atoms with van der Waals surface area (Å²) in [6.45, 7) is 3.71. The first-order valence-corrected chi connectivity index (χ1v) is 6.67. The summed E-state index contributed by atoms with van der Waals surface area (Å²) in [5.41, 5.74) is 0.431. The van der Waals surface area contributed by atoms with E-state index in [1.807, 2.05) is 19.9 Å². The predicted octanol–water partition coefficient (Wildman–Crippen LogP) is 1.60. The molecule has 1 aromatic rings. The Balaban J connectivity index is 2.11. The lowest BCUT2D eigenvalue weighted by atomic mass is 9.91. The summed E-state index contributed by atoms with van der Waals surface area (Å²) in [5, 5.41) is 10.3. The fraction of sp³-hybridized carbons (Fsp3) is 0.533. The molecule has 20 heavy (non-hydrogen) atoms. The van der Waals surface area contributed by atoms with Gasteiger partial charge in [0.1, 0.15) is 6.10 Å². The van der Waals surface area contributed by atoms with E-state index in [0.717, 1.165) is 0 Å². The highest BCUT2D eigenvalue weighted by Crippen LogP contribution is 2.28. The zero-order chi connectivity index (χ0) is 14.7. The van der Waals surface area contributed by atoms with Gasteiger partial charge in [0, 0.05) is 13.0 Å². The second-order valence-corrected chi connectivity index (χ2v) is 5.03. The van der Waals surface area contributed by atoms with Crippen molar-refractivity contribution < 1.29 is 24.1 Å². The number of aliphatic hydroxyl groups is 1. The van der Waals surface area contributed by atoms with Crippen molar-refractivity contribution >= 4 is 5.97 Å². The number of rotatable bonds is 3. The lowest BCUT2D eigenvalue weighted by molar-refractivity contribution is -0.271. The molecule has 2 rings (SSSR count). The van der Waals surface area contributed by atoms with E-state index in [4.69, 9.17) is 14.2 Å². The highest BCUT2D eigenvalue weighted by molar-refractivity contribution is 5.89. The second-order valence-electron chi connectivity index (χ2n) is 5.03. The minimum absolute atomic E-state index is 0.144. The Morgan fingerprint density at radius 2 is 1.90 bits per heavy atom. The molecular formula is C15H20O5. The van der Waals surface area contributed by atoms with E-state index >= 15 is 0 Å². The van der Waals surface area contributed by atoms with Crippen LogP contribution in [0.4, 0.5) is 0 Å². The van der Waals surface area contributed by atoms with E-state index in [1.165, 1.54) is 7.11 Å². The minimum Gasteiger partial charge on any atom is -0.451 e. The largest absolute Gasteiger partial charge is 0.451 e. The molecule has 0 aliphatic carbocycles. The molecular weight excluding hydrogens is 260 g/mol. The van der Waals surface area contributed by atoms with Crippen molar-refractivity contribution in [1.29, 1.82) is 0 Å². The Labute approximate surface area is 118 Å². The van der Waals surface area contributed by atoms with E-state index in [1.54, 1.807) is 24.3 Å². The zero-order valence-corrected chi connectivity index (χ0v) is 11.9. The van der Waals surface area contributed by atoms with Crippen LogP contribution in [0.15, 0.2) is 30.3 Å². The number of aliphatic hydroxyl groups excluding tert-OH is 1. The molecule has 1 aromatic carbocycles. The topological polar surface area (TPSA) is 65.0 Å². The molecule has 1 fully saturated rings. The molecule has 0 bridgehead atoms. The van der Waals surface area contributed by atoms with Crippen LogP contribution in [-0.2, 0) is 14.2 Å². The van der Waals surface area contributed by atoms with Gasteiger partial charge in [-0.05, 0) is 19.1 Å². The third-order valence-electron chi connectivity index (χ3n) is 3.72. The van der Waals surface area contributed by atoms with Crippen molar-refractivity contribution in [3.63, 3.8) is 0 Å². The van der Waals surface area contributed by atoms with Crippen LogP contribution >= 0.6 is 0 Å². The minimum atomic E-state index is -0.834. The molecule has 0 radical (unpaired) electrons. The summed E-state index contributed by atoms with van der Waals surface area (Å²) in [6.07, 6.45) is -2.58. The molecule has 1 N–H and O–H groups in total. The van der Waals surface area contributed by atoms with Gasteiger partial charge in [-0.3, -0.25) is 0 Å². The average Bonchev–Trinajstić information content (AvgIpc) is 2.48. The summed E-state index contributed by atoms with van der Waals surface area (Å²) in [7, 11) is 1.46. The fourth-order valence-corrected chi connectivity index (χ4v) is 2.23. The van der Waals surface area contributed by atoms with Crippen molar-refractivity contribution in [2.75, 3.05) is 7.11 Å². The summed E-state index contributed by atoms with van der Waals surface area (Å²) < 4.78 is 16.2. The monoisotopic (exact) mass is 280 g/mol. The van der Waals surface area contributed by atoms with Gasteiger partial charge in [-0.1, -0.05) is 25.1 Å². The van der Waals surface area contributed by atoms with Crippen LogP contribution in [0.5, 0.6) is 0 Å². The van der Waals surface area contributed by atoms with Crippen LogP contribution in [0.1, 0.15) is 24.2 Å². The van der Waals surface area contributed by atoms with Crippen molar-refractivity contribution in [2.45, 2.75) is 38.4 Å². The molecule has 5 heteroatoms. The van der Waals surface area contributed by atoms with Gasteiger partial charge in [0.25, 0.3) is 0 Å². The van der Waals surface area contributed by atoms with Crippen LogP contribution in [0.25, 0.3) is 0 Å².